The zero-order valence-corrected chi connectivity index (χ0v) is 8.12. The molecule has 0 saturated heterocycles. The van der Waals surface area contributed by atoms with Gasteiger partial charge in [-0.15, -0.1) is 0 Å². The highest BCUT2D eigenvalue weighted by Crippen LogP contribution is 2.07. The molecule has 0 aromatic carbocycles. The van der Waals surface area contributed by atoms with Crippen molar-refractivity contribution in [1.82, 2.24) is 9.97 Å². The maximum atomic E-state index is 4.22. The van der Waals surface area contributed by atoms with E-state index in [0.717, 1.165) is 12.4 Å². The van der Waals surface area contributed by atoms with Crippen molar-refractivity contribution in [3.8, 4) is 0 Å². The normalized spacial score (nSPS) is 10.1. The van der Waals surface area contributed by atoms with Crippen molar-refractivity contribution in [1.29, 1.82) is 0 Å². The van der Waals surface area contributed by atoms with E-state index in [0.29, 0.717) is 0 Å². The smallest absolute Gasteiger partial charge is 0.126 e. The third-order valence-corrected chi connectivity index (χ3v) is 2.05. The van der Waals surface area contributed by atoms with Crippen LogP contribution in [0.5, 0.6) is 0 Å². The third-order valence-electron chi connectivity index (χ3n) is 2.05. The third kappa shape index (κ3) is 2.13. The number of hydrogen-bond donors (Lipinski definition) is 2. The van der Waals surface area contributed by atoms with E-state index in [9.17, 15) is 0 Å². The van der Waals surface area contributed by atoms with Gasteiger partial charge in [0.25, 0.3) is 0 Å². The molecule has 0 fully saturated rings. The molecule has 0 aliphatic rings. The first-order chi connectivity index (χ1) is 6.84. The SMILES string of the molecule is Cc1ccnc(NCc2cc[nH]c2)c1. The Kier molecular flexibility index (Phi) is 2.49. The highest BCUT2D eigenvalue weighted by molar-refractivity contribution is 5.37. The lowest BCUT2D eigenvalue weighted by molar-refractivity contribution is 1.11. The van der Waals surface area contributed by atoms with Gasteiger partial charge in [0.15, 0.2) is 0 Å². The molecule has 0 atom stereocenters. The number of aryl methyl sites for hydroxylation is 1. The second kappa shape index (κ2) is 3.96. The molecule has 0 saturated carbocycles. The van der Waals surface area contributed by atoms with Gasteiger partial charge in [0.05, 0.1) is 0 Å². The van der Waals surface area contributed by atoms with E-state index in [4.69, 9.17) is 0 Å². The summed E-state index contributed by atoms with van der Waals surface area (Å²) >= 11 is 0. The number of hydrogen-bond acceptors (Lipinski definition) is 2. The van der Waals surface area contributed by atoms with Gasteiger partial charge in [0.2, 0.25) is 0 Å². The number of anilines is 1. The van der Waals surface area contributed by atoms with E-state index >= 15 is 0 Å². The number of nitrogens with zero attached hydrogens (tertiary/aromatic N) is 1. The summed E-state index contributed by atoms with van der Waals surface area (Å²) in [6, 6.07) is 6.07. The lowest BCUT2D eigenvalue weighted by Gasteiger charge is -2.03. The zero-order chi connectivity index (χ0) is 9.80. The van der Waals surface area contributed by atoms with Gasteiger partial charge in [-0.05, 0) is 36.2 Å². The molecule has 0 aliphatic heterocycles. The molecule has 0 unspecified atom stereocenters. The minimum absolute atomic E-state index is 0.806. The predicted molar refractivity (Wildman–Crippen MR) is 57.1 cm³/mol. The molecule has 0 spiro atoms. The molecule has 0 radical (unpaired) electrons. The summed E-state index contributed by atoms with van der Waals surface area (Å²) in [4.78, 5) is 7.23. The van der Waals surface area contributed by atoms with Gasteiger partial charge in [-0.2, -0.15) is 0 Å². The lowest BCUT2D eigenvalue weighted by atomic mass is 10.3. The maximum absolute atomic E-state index is 4.22. The summed E-state index contributed by atoms with van der Waals surface area (Å²) in [6.07, 6.45) is 5.71. The minimum atomic E-state index is 0.806. The first-order valence-corrected chi connectivity index (χ1v) is 4.63. The van der Waals surface area contributed by atoms with Crippen LogP contribution in [0.4, 0.5) is 5.82 Å². The van der Waals surface area contributed by atoms with Gasteiger partial charge in [-0.3, -0.25) is 0 Å². The van der Waals surface area contributed by atoms with E-state index in [-0.39, 0.29) is 0 Å². The molecule has 2 aromatic heterocycles. The molecule has 3 nitrogen and oxygen atoms in total. The van der Waals surface area contributed by atoms with Crippen molar-refractivity contribution in [3.05, 3.63) is 47.9 Å². The summed E-state index contributed by atoms with van der Waals surface area (Å²) < 4.78 is 0. The summed E-state index contributed by atoms with van der Waals surface area (Å²) in [5, 5.41) is 3.26. The Labute approximate surface area is 83.2 Å². The maximum Gasteiger partial charge on any atom is 0.126 e. The van der Waals surface area contributed by atoms with E-state index in [2.05, 4.69) is 22.2 Å². The summed E-state index contributed by atoms with van der Waals surface area (Å²) in [7, 11) is 0. The monoisotopic (exact) mass is 187 g/mol. The Bertz CT molecular complexity index is 393. The van der Waals surface area contributed by atoms with Gasteiger partial charge in [-0.25, -0.2) is 4.98 Å². The van der Waals surface area contributed by atoms with Crippen LogP contribution in [-0.4, -0.2) is 9.97 Å². The number of rotatable bonds is 3. The highest BCUT2D eigenvalue weighted by Gasteiger charge is 1.94. The van der Waals surface area contributed by atoms with E-state index in [1.807, 2.05) is 36.8 Å². The van der Waals surface area contributed by atoms with E-state index in [1.54, 1.807) is 0 Å². The van der Waals surface area contributed by atoms with Gasteiger partial charge < -0.3 is 10.3 Å². The fraction of sp³-hybridized carbons (Fsp3) is 0.182. The molecule has 0 aliphatic carbocycles. The van der Waals surface area contributed by atoms with Crippen molar-refractivity contribution in [3.63, 3.8) is 0 Å². The van der Waals surface area contributed by atoms with Crippen LogP contribution in [0.1, 0.15) is 11.1 Å². The second-order valence-electron chi connectivity index (χ2n) is 3.29. The van der Waals surface area contributed by atoms with Gasteiger partial charge in [-0.1, -0.05) is 0 Å². The first-order valence-electron chi connectivity index (χ1n) is 4.63. The van der Waals surface area contributed by atoms with Crippen LogP contribution in [0.25, 0.3) is 0 Å². The van der Waals surface area contributed by atoms with Gasteiger partial charge in [0.1, 0.15) is 5.82 Å². The van der Waals surface area contributed by atoms with Crippen LogP contribution in [0.15, 0.2) is 36.8 Å². The Morgan fingerprint density at radius 3 is 3.07 bits per heavy atom. The predicted octanol–water partition coefficient (Wildman–Crippen LogP) is 2.33. The number of pyridine rings is 1. The van der Waals surface area contributed by atoms with Crippen LogP contribution in [0.3, 0.4) is 0 Å². The number of nitrogens with one attached hydrogen (secondary N) is 2. The van der Waals surface area contributed by atoms with Crippen molar-refractivity contribution in [2.75, 3.05) is 5.32 Å². The highest BCUT2D eigenvalue weighted by atomic mass is 15.0. The van der Waals surface area contributed by atoms with Crippen LogP contribution in [-0.2, 0) is 6.54 Å². The van der Waals surface area contributed by atoms with Crippen molar-refractivity contribution < 1.29 is 0 Å². The minimum Gasteiger partial charge on any atom is -0.367 e. The fourth-order valence-electron chi connectivity index (χ4n) is 1.29. The number of aromatic nitrogens is 2. The quantitative estimate of drug-likeness (QED) is 0.774. The molecule has 2 N–H and O–H groups in total. The Morgan fingerprint density at radius 2 is 2.36 bits per heavy atom. The Hall–Kier alpha value is -1.77. The van der Waals surface area contributed by atoms with Gasteiger partial charge >= 0.3 is 0 Å². The molecule has 0 amide bonds. The molecule has 2 aromatic rings. The molecule has 2 heterocycles. The average Bonchev–Trinajstić information content (AvgIpc) is 2.67. The molecular formula is C11H13N3. The number of aromatic amines is 1. The Morgan fingerprint density at radius 1 is 1.43 bits per heavy atom. The van der Waals surface area contributed by atoms with E-state index in [1.165, 1.54) is 11.1 Å². The second-order valence-corrected chi connectivity index (χ2v) is 3.29. The largest absolute Gasteiger partial charge is 0.367 e. The van der Waals surface area contributed by atoms with Crippen molar-refractivity contribution in [2.24, 2.45) is 0 Å². The van der Waals surface area contributed by atoms with Crippen molar-refractivity contribution in [2.45, 2.75) is 13.5 Å². The molecule has 0 bridgehead atoms. The summed E-state index contributed by atoms with van der Waals surface area (Å²) in [5.41, 5.74) is 2.45. The van der Waals surface area contributed by atoms with Gasteiger partial charge in [0, 0.05) is 25.1 Å². The summed E-state index contributed by atoms with van der Waals surface area (Å²) in [6.45, 7) is 2.86. The molecular weight excluding hydrogens is 174 g/mol. The standard InChI is InChI=1S/C11H13N3/c1-9-2-5-13-11(6-9)14-8-10-3-4-12-7-10/h2-7,12H,8H2,1H3,(H,13,14). The molecule has 2 rings (SSSR count). The van der Waals surface area contributed by atoms with Crippen molar-refractivity contribution >= 4 is 5.82 Å². The Balaban J connectivity index is 1.98. The van der Waals surface area contributed by atoms with Crippen LogP contribution < -0.4 is 5.32 Å². The fourth-order valence-corrected chi connectivity index (χ4v) is 1.29. The van der Waals surface area contributed by atoms with Crippen LogP contribution >= 0.6 is 0 Å². The molecule has 3 heteroatoms. The summed E-state index contributed by atoms with van der Waals surface area (Å²) in [5.74, 6) is 0.922. The molecule has 14 heavy (non-hydrogen) atoms. The van der Waals surface area contributed by atoms with E-state index < -0.39 is 0 Å². The van der Waals surface area contributed by atoms with Crippen LogP contribution in [0, 0.1) is 6.92 Å². The molecule has 72 valence electrons. The zero-order valence-electron chi connectivity index (χ0n) is 8.12. The first kappa shape index (κ1) is 8.81. The topological polar surface area (TPSA) is 40.7 Å². The lowest BCUT2D eigenvalue weighted by Crippen LogP contribution is -2.00. The average molecular weight is 187 g/mol. The van der Waals surface area contributed by atoms with Crippen LogP contribution in [0.2, 0.25) is 0 Å². The number of H-pyrrole nitrogens is 1.